The summed E-state index contributed by atoms with van der Waals surface area (Å²) in [5.41, 5.74) is 0. The van der Waals surface area contributed by atoms with Crippen LogP contribution in [0.4, 0.5) is 11.6 Å². The predicted octanol–water partition coefficient (Wildman–Crippen LogP) is 1.28. The van der Waals surface area contributed by atoms with E-state index < -0.39 is 0 Å². The quantitative estimate of drug-likeness (QED) is 0.872. The van der Waals surface area contributed by atoms with Crippen molar-refractivity contribution in [2.24, 2.45) is 0 Å². The van der Waals surface area contributed by atoms with Crippen molar-refractivity contribution in [1.82, 2.24) is 9.97 Å². The van der Waals surface area contributed by atoms with E-state index in [4.69, 9.17) is 0 Å². The van der Waals surface area contributed by atoms with Crippen molar-refractivity contribution in [3.63, 3.8) is 0 Å². The molecule has 1 aromatic heterocycles. The molecule has 1 aliphatic rings. The number of aromatic nitrogens is 2. The minimum Gasteiger partial charge on any atom is -0.391 e. The molecular weight excluding hydrogens is 228 g/mol. The smallest absolute Gasteiger partial charge is 0.134 e. The lowest BCUT2D eigenvalue weighted by Crippen LogP contribution is -2.38. The molecule has 0 spiro atoms. The Hall–Kier alpha value is -1.36. The number of aliphatic hydroxyl groups excluding tert-OH is 1. The lowest BCUT2D eigenvalue weighted by Gasteiger charge is -2.31. The number of hydrogen-bond donors (Lipinski definition) is 1. The average molecular weight is 250 g/mol. The first-order valence-electron chi connectivity index (χ1n) is 6.67. The Bertz CT molecular complexity index is 385. The second kappa shape index (κ2) is 6.00. The number of rotatable bonds is 4. The summed E-state index contributed by atoms with van der Waals surface area (Å²) in [4.78, 5) is 12.9. The summed E-state index contributed by atoms with van der Waals surface area (Å²) in [6.07, 6.45) is 4.39. The first kappa shape index (κ1) is 13.1. The summed E-state index contributed by atoms with van der Waals surface area (Å²) in [5, 5.41) is 9.71. The van der Waals surface area contributed by atoms with Gasteiger partial charge in [-0.15, -0.1) is 0 Å². The van der Waals surface area contributed by atoms with Crippen LogP contribution in [0.25, 0.3) is 0 Å². The Labute approximate surface area is 108 Å². The van der Waals surface area contributed by atoms with E-state index in [9.17, 15) is 5.11 Å². The molecule has 0 radical (unpaired) electrons. The van der Waals surface area contributed by atoms with Crippen LogP contribution in [0.2, 0.25) is 0 Å². The van der Waals surface area contributed by atoms with Gasteiger partial charge in [0.15, 0.2) is 0 Å². The van der Waals surface area contributed by atoms with Crippen molar-refractivity contribution >= 4 is 11.6 Å². The summed E-state index contributed by atoms with van der Waals surface area (Å²) in [6, 6.07) is 2.01. The van der Waals surface area contributed by atoms with Crippen LogP contribution in [0.3, 0.4) is 0 Å². The van der Waals surface area contributed by atoms with Crippen LogP contribution >= 0.6 is 0 Å². The van der Waals surface area contributed by atoms with Gasteiger partial charge >= 0.3 is 0 Å². The van der Waals surface area contributed by atoms with Crippen LogP contribution < -0.4 is 9.80 Å². The third kappa shape index (κ3) is 3.10. The lowest BCUT2D eigenvalue weighted by atomic mass is 10.1. The van der Waals surface area contributed by atoms with Crippen molar-refractivity contribution in [2.75, 3.05) is 36.5 Å². The highest BCUT2D eigenvalue weighted by molar-refractivity contribution is 5.50. The molecule has 0 amide bonds. The maximum absolute atomic E-state index is 9.71. The van der Waals surface area contributed by atoms with E-state index in [1.54, 1.807) is 6.33 Å². The van der Waals surface area contributed by atoms with Crippen molar-refractivity contribution in [3.05, 3.63) is 12.4 Å². The van der Waals surface area contributed by atoms with Crippen LogP contribution in [-0.4, -0.2) is 47.9 Å². The summed E-state index contributed by atoms with van der Waals surface area (Å²) in [6.45, 7) is 4.78. The van der Waals surface area contributed by atoms with E-state index in [-0.39, 0.29) is 6.10 Å². The van der Waals surface area contributed by atoms with Gasteiger partial charge in [-0.25, -0.2) is 9.97 Å². The maximum atomic E-state index is 9.71. The van der Waals surface area contributed by atoms with Gasteiger partial charge in [0.05, 0.1) is 6.10 Å². The Kier molecular flexibility index (Phi) is 4.36. The molecule has 1 aromatic rings. The maximum Gasteiger partial charge on any atom is 0.134 e. The molecule has 1 unspecified atom stereocenters. The Morgan fingerprint density at radius 3 is 3.06 bits per heavy atom. The highest BCUT2D eigenvalue weighted by Crippen LogP contribution is 2.20. The predicted molar refractivity (Wildman–Crippen MR) is 73.0 cm³/mol. The van der Waals surface area contributed by atoms with Gasteiger partial charge in [0, 0.05) is 32.7 Å². The van der Waals surface area contributed by atoms with E-state index >= 15 is 0 Å². The molecule has 1 N–H and O–H groups in total. The molecule has 100 valence electrons. The van der Waals surface area contributed by atoms with Gasteiger partial charge in [0.2, 0.25) is 0 Å². The van der Waals surface area contributed by atoms with Gasteiger partial charge in [-0.1, -0.05) is 6.92 Å². The number of piperidine rings is 1. The molecular formula is C13H22N4O. The van der Waals surface area contributed by atoms with Crippen molar-refractivity contribution < 1.29 is 5.11 Å². The summed E-state index contributed by atoms with van der Waals surface area (Å²) < 4.78 is 0. The topological polar surface area (TPSA) is 52.5 Å². The van der Waals surface area contributed by atoms with Gasteiger partial charge in [-0.3, -0.25) is 0 Å². The van der Waals surface area contributed by atoms with Crippen LogP contribution in [0.15, 0.2) is 12.4 Å². The second-order valence-electron chi connectivity index (χ2n) is 4.90. The molecule has 0 saturated carbocycles. The highest BCUT2D eigenvalue weighted by atomic mass is 16.3. The fourth-order valence-electron chi connectivity index (χ4n) is 2.33. The first-order chi connectivity index (χ1) is 8.70. The Balaban J connectivity index is 2.11. The van der Waals surface area contributed by atoms with E-state index in [0.29, 0.717) is 6.54 Å². The molecule has 5 nitrogen and oxygen atoms in total. The summed E-state index contributed by atoms with van der Waals surface area (Å²) in [7, 11) is 2.04. The average Bonchev–Trinajstić information content (AvgIpc) is 2.39. The molecule has 1 aliphatic heterocycles. The van der Waals surface area contributed by atoms with Crippen molar-refractivity contribution in [2.45, 2.75) is 32.3 Å². The number of β-amino-alcohol motifs (C(OH)–C–C–N with tert-alkyl or cyclic N) is 1. The Morgan fingerprint density at radius 2 is 2.33 bits per heavy atom. The first-order valence-corrected chi connectivity index (χ1v) is 6.67. The van der Waals surface area contributed by atoms with Crippen LogP contribution in [0.1, 0.15) is 26.2 Å². The molecule has 18 heavy (non-hydrogen) atoms. The molecule has 0 aromatic carbocycles. The SMILES string of the molecule is CCCN(C)c1cc(N2CCCC(O)C2)ncn1. The van der Waals surface area contributed by atoms with E-state index in [2.05, 4.69) is 26.7 Å². The van der Waals surface area contributed by atoms with Gasteiger partial charge in [-0.2, -0.15) is 0 Å². The van der Waals surface area contributed by atoms with Gasteiger partial charge < -0.3 is 14.9 Å². The van der Waals surface area contributed by atoms with Gasteiger partial charge in [-0.05, 0) is 19.3 Å². The van der Waals surface area contributed by atoms with E-state index in [0.717, 1.165) is 44.0 Å². The van der Waals surface area contributed by atoms with E-state index in [1.165, 1.54) is 0 Å². The zero-order chi connectivity index (χ0) is 13.0. The molecule has 5 heteroatoms. The third-order valence-electron chi connectivity index (χ3n) is 3.31. The normalized spacial score (nSPS) is 19.9. The Morgan fingerprint density at radius 1 is 1.50 bits per heavy atom. The number of aliphatic hydroxyl groups is 1. The zero-order valence-electron chi connectivity index (χ0n) is 11.2. The zero-order valence-corrected chi connectivity index (χ0v) is 11.2. The van der Waals surface area contributed by atoms with Crippen LogP contribution in [0.5, 0.6) is 0 Å². The highest BCUT2D eigenvalue weighted by Gasteiger charge is 2.19. The van der Waals surface area contributed by atoms with E-state index in [1.807, 2.05) is 13.1 Å². The molecule has 1 atom stereocenters. The lowest BCUT2D eigenvalue weighted by molar-refractivity contribution is 0.154. The minimum atomic E-state index is -0.231. The molecule has 1 fully saturated rings. The number of hydrogen-bond acceptors (Lipinski definition) is 5. The summed E-state index contributed by atoms with van der Waals surface area (Å²) in [5.74, 6) is 1.86. The second-order valence-corrected chi connectivity index (χ2v) is 4.90. The number of anilines is 2. The third-order valence-corrected chi connectivity index (χ3v) is 3.31. The minimum absolute atomic E-state index is 0.231. The molecule has 0 aliphatic carbocycles. The monoisotopic (exact) mass is 250 g/mol. The van der Waals surface area contributed by atoms with Gasteiger partial charge in [0.25, 0.3) is 0 Å². The van der Waals surface area contributed by atoms with Crippen molar-refractivity contribution in [3.8, 4) is 0 Å². The number of nitrogens with zero attached hydrogens (tertiary/aromatic N) is 4. The molecule has 0 bridgehead atoms. The fourth-order valence-corrected chi connectivity index (χ4v) is 2.33. The standard InChI is InChI=1S/C13H22N4O/c1-3-6-16(2)12-8-13(15-10-14-12)17-7-4-5-11(18)9-17/h8,10-11,18H,3-7,9H2,1-2H3. The molecule has 1 saturated heterocycles. The fraction of sp³-hybridized carbons (Fsp3) is 0.692. The van der Waals surface area contributed by atoms with Crippen LogP contribution in [-0.2, 0) is 0 Å². The van der Waals surface area contributed by atoms with Crippen LogP contribution in [0, 0.1) is 0 Å². The van der Waals surface area contributed by atoms with Gasteiger partial charge in [0.1, 0.15) is 18.0 Å². The molecule has 2 heterocycles. The molecule has 2 rings (SSSR count). The summed E-state index contributed by atoms with van der Waals surface area (Å²) >= 11 is 0. The largest absolute Gasteiger partial charge is 0.391 e. The van der Waals surface area contributed by atoms with Crippen molar-refractivity contribution in [1.29, 1.82) is 0 Å².